The SMILES string of the molecule is CN1CCCC(N(C)C(=O)CC2CSCCN2)C1. The van der Waals surface area contributed by atoms with Gasteiger partial charge in [-0.1, -0.05) is 0 Å². The molecule has 2 atom stereocenters. The first-order valence-electron chi connectivity index (χ1n) is 6.92. The zero-order valence-electron chi connectivity index (χ0n) is 11.5. The fourth-order valence-corrected chi connectivity index (χ4v) is 3.71. The van der Waals surface area contributed by atoms with E-state index >= 15 is 0 Å². The van der Waals surface area contributed by atoms with Gasteiger partial charge in [-0.15, -0.1) is 0 Å². The summed E-state index contributed by atoms with van der Waals surface area (Å²) in [6.45, 7) is 3.23. The molecular formula is C13H25N3OS. The molecule has 0 bridgehead atoms. The average molecular weight is 271 g/mol. The molecule has 0 saturated carbocycles. The lowest BCUT2D eigenvalue weighted by Gasteiger charge is -2.36. The summed E-state index contributed by atoms with van der Waals surface area (Å²) in [4.78, 5) is 16.6. The predicted octanol–water partition coefficient (Wildman–Crippen LogP) is 0.634. The normalized spacial score (nSPS) is 30.1. The summed E-state index contributed by atoms with van der Waals surface area (Å²) in [5, 5.41) is 3.44. The monoisotopic (exact) mass is 271 g/mol. The first kappa shape index (κ1) is 14.2. The Bertz CT molecular complexity index is 281. The van der Waals surface area contributed by atoms with Gasteiger partial charge in [0.05, 0.1) is 0 Å². The lowest BCUT2D eigenvalue weighted by molar-refractivity contribution is -0.133. The van der Waals surface area contributed by atoms with E-state index in [0.717, 1.165) is 25.3 Å². The van der Waals surface area contributed by atoms with Crippen molar-refractivity contribution < 1.29 is 4.79 Å². The number of nitrogens with zero attached hydrogens (tertiary/aromatic N) is 2. The summed E-state index contributed by atoms with van der Waals surface area (Å²) >= 11 is 1.95. The Labute approximate surface area is 114 Å². The quantitative estimate of drug-likeness (QED) is 0.817. The second-order valence-corrected chi connectivity index (χ2v) is 6.64. The van der Waals surface area contributed by atoms with Crippen LogP contribution in [0.15, 0.2) is 0 Å². The van der Waals surface area contributed by atoms with Gasteiger partial charge in [-0.05, 0) is 26.4 Å². The number of hydrogen-bond donors (Lipinski definition) is 1. The third-order valence-corrected chi connectivity index (χ3v) is 5.09. The molecule has 2 aliphatic heterocycles. The lowest BCUT2D eigenvalue weighted by atomic mass is 10.0. The van der Waals surface area contributed by atoms with Gasteiger partial charge in [0.1, 0.15) is 0 Å². The Kier molecular flexibility index (Phi) is 5.33. The molecule has 2 aliphatic rings. The summed E-state index contributed by atoms with van der Waals surface area (Å²) in [5.41, 5.74) is 0. The van der Waals surface area contributed by atoms with E-state index in [1.54, 1.807) is 0 Å². The van der Waals surface area contributed by atoms with Crippen LogP contribution in [0, 0.1) is 0 Å². The van der Waals surface area contributed by atoms with Crippen molar-refractivity contribution in [2.45, 2.75) is 31.3 Å². The number of thioether (sulfide) groups is 1. The number of rotatable bonds is 3. The first-order chi connectivity index (χ1) is 8.66. The zero-order valence-corrected chi connectivity index (χ0v) is 12.3. The van der Waals surface area contributed by atoms with Crippen LogP contribution in [-0.4, -0.2) is 73.0 Å². The van der Waals surface area contributed by atoms with E-state index in [-0.39, 0.29) is 0 Å². The minimum absolute atomic E-state index is 0.301. The topological polar surface area (TPSA) is 35.6 Å². The first-order valence-corrected chi connectivity index (χ1v) is 8.07. The molecule has 18 heavy (non-hydrogen) atoms. The summed E-state index contributed by atoms with van der Waals surface area (Å²) in [6.07, 6.45) is 3.01. The molecule has 2 unspecified atom stereocenters. The zero-order chi connectivity index (χ0) is 13.0. The Hall–Kier alpha value is -0.260. The summed E-state index contributed by atoms with van der Waals surface area (Å²) < 4.78 is 0. The molecular weight excluding hydrogens is 246 g/mol. The largest absolute Gasteiger partial charge is 0.341 e. The molecule has 1 amide bonds. The van der Waals surface area contributed by atoms with Crippen molar-refractivity contribution in [2.24, 2.45) is 0 Å². The van der Waals surface area contributed by atoms with E-state index in [2.05, 4.69) is 17.3 Å². The molecule has 104 valence electrons. The Morgan fingerprint density at radius 2 is 2.39 bits per heavy atom. The van der Waals surface area contributed by atoms with Crippen molar-refractivity contribution in [1.29, 1.82) is 0 Å². The van der Waals surface area contributed by atoms with Crippen molar-refractivity contribution in [2.75, 3.05) is 45.2 Å². The molecule has 2 fully saturated rings. The fourth-order valence-electron chi connectivity index (χ4n) is 2.76. The molecule has 5 heteroatoms. The van der Waals surface area contributed by atoms with Crippen LogP contribution in [0.25, 0.3) is 0 Å². The van der Waals surface area contributed by atoms with Crippen molar-refractivity contribution in [3.63, 3.8) is 0 Å². The Balaban J connectivity index is 1.79. The number of likely N-dealkylation sites (tertiary alicyclic amines) is 1. The maximum Gasteiger partial charge on any atom is 0.224 e. The second-order valence-electron chi connectivity index (χ2n) is 5.49. The molecule has 0 aliphatic carbocycles. The number of carbonyl (C=O) groups excluding carboxylic acids is 1. The van der Waals surface area contributed by atoms with Crippen molar-refractivity contribution in [3.8, 4) is 0 Å². The summed E-state index contributed by atoms with van der Waals surface area (Å²) in [5.74, 6) is 2.55. The van der Waals surface area contributed by atoms with E-state index in [9.17, 15) is 4.79 Å². The van der Waals surface area contributed by atoms with E-state index in [0.29, 0.717) is 24.4 Å². The lowest BCUT2D eigenvalue weighted by Crippen LogP contribution is -2.49. The minimum Gasteiger partial charge on any atom is -0.341 e. The molecule has 2 heterocycles. The molecule has 0 aromatic rings. The fraction of sp³-hybridized carbons (Fsp3) is 0.923. The van der Waals surface area contributed by atoms with Crippen LogP contribution in [0.3, 0.4) is 0 Å². The number of nitrogens with one attached hydrogen (secondary N) is 1. The highest BCUT2D eigenvalue weighted by atomic mass is 32.2. The van der Waals surface area contributed by atoms with Crippen LogP contribution >= 0.6 is 11.8 Å². The maximum atomic E-state index is 12.3. The highest BCUT2D eigenvalue weighted by Gasteiger charge is 2.26. The van der Waals surface area contributed by atoms with Gasteiger partial charge in [-0.25, -0.2) is 0 Å². The standard InChI is InChI=1S/C13H25N3OS/c1-15-6-3-4-12(9-15)16(2)13(17)8-11-10-18-7-5-14-11/h11-12,14H,3-10H2,1-2H3. The van der Waals surface area contributed by atoms with Gasteiger partial charge >= 0.3 is 0 Å². The molecule has 0 aromatic heterocycles. The van der Waals surface area contributed by atoms with E-state index in [1.807, 2.05) is 23.7 Å². The Morgan fingerprint density at radius 3 is 3.06 bits per heavy atom. The molecule has 0 spiro atoms. The molecule has 4 nitrogen and oxygen atoms in total. The number of hydrogen-bond acceptors (Lipinski definition) is 4. The highest BCUT2D eigenvalue weighted by Crippen LogP contribution is 2.16. The molecule has 0 aromatic carbocycles. The third-order valence-electron chi connectivity index (χ3n) is 3.96. The van der Waals surface area contributed by atoms with Crippen LogP contribution in [0.1, 0.15) is 19.3 Å². The number of amides is 1. The van der Waals surface area contributed by atoms with Crippen LogP contribution in [0.2, 0.25) is 0 Å². The Morgan fingerprint density at radius 1 is 1.56 bits per heavy atom. The minimum atomic E-state index is 0.301. The maximum absolute atomic E-state index is 12.3. The third kappa shape index (κ3) is 3.87. The average Bonchev–Trinajstić information content (AvgIpc) is 2.39. The van der Waals surface area contributed by atoms with E-state index < -0.39 is 0 Å². The van der Waals surface area contributed by atoms with Gasteiger partial charge in [0.25, 0.3) is 0 Å². The molecule has 1 N–H and O–H groups in total. The van der Waals surface area contributed by atoms with Gasteiger partial charge in [-0.3, -0.25) is 4.79 Å². The van der Waals surface area contributed by atoms with E-state index in [1.165, 1.54) is 18.7 Å². The molecule has 2 rings (SSSR count). The van der Waals surface area contributed by atoms with Crippen LogP contribution in [-0.2, 0) is 4.79 Å². The summed E-state index contributed by atoms with van der Waals surface area (Å²) in [7, 11) is 4.12. The van der Waals surface area contributed by atoms with Crippen LogP contribution in [0.5, 0.6) is 0 Å². The molecule has 2 saturated heterocycles. The smallest absolute Gasteiger partial charge is 0.224 e. The van der Waals surface area contributed by atoms with Gasteiger partial charge in [0.2, 0.25) is 5.91 Å². The van der Waals surface area contributed by atoms with Crippen LogP contribution < -0.4 is 5.32 Å². The van der Waals surface area contributed by atoms with Gasteiger partial charge in [0, 0.05) is 50.1 Å². The number of likely N-dealkylation sites (N-methyl/N-ethyl adjacent to an activating group) is 2. The van der Waals surface area contributed by atoms with Gasteiger partial charge in [0.15, 0.2) is 0 Å². The number of piperidine rings is 1. The predicted molar refractivity (Wildman–Crippen MR) is 77.0 cm³/mol. The van der Waals surface area contributed by atoms with Crippen molar-refractivity contribution in [3.05, 3.63) is 0 Å². The van der Waals surface area contributed by atoms with Crippen molar-refractivity contribution >= 4 is 17.7 Å². The van der Waals surface area contributed by atoms with Gasteiger partial charge in [-0.2, -0.15) is 11.8 Å². The van der Waals surface area contributed by atoms with Gasteiger partial charge < -0.3 is 15.1 Å². The number of carbonyl (C=O) groups is 1. The highest BCUT2D eigenvalue weighted by molar-refractivity contribution is 7.99. The summed E-state index contributed by atoms with van der Waals surface area (Å²) in [6, 6.07) is 0.785. The van der Waals surface area contributed by atoms with Crippen molar-refractivity contribution in [1.82, 2.24) is 15.1 Å². The molecule has 0 radical (unpaired) electrons. The van der Waals surface area contributed by atoms with E-state index in [4.69, 9.17) is 0 Å². The van der Waals surface area contributed by atoms with Crippen LogP contribution in [0.4, 0.5) is 0 Å². The second kappa shape index (κ2) is 6.78.